The standard InChI is InChI=1S/C14H12BrClN2O/c1-9-5-12(15)8-17-13(9)18-14(19)11-4-2-3-10(6-11)7-16/h2-6,8H,7H2,1H3,(H,17,18,19). The number of benzene rings is 1. The first kappa shape index (κ1) is 14.0. The fourth-order valence-corrected chi connectivity index (χ4v) is 2.26. The lowest BCUT2D eigenvalue weighted by molar-refractivity contribution is 0.102. The van der Waals surface area contributed by atoms with Gasteiger partial charge in [0.15, 0.2) is 0 Å². The van der Waals surface area contributed by atoms with Crippen molar-refractivity contribution in [3.63, 3.8) is 0 Å². The fraction of sp³-hybridized carbons (Fsp3) is 0.143. The van der Waals surface area contributed by atoms with E-state index in [4.69, 9.17) is 11.6 Å². The zero-order valence-electron chi connectivity index (χ0n) is 10.3. The smallest absolute Gasteiger partial charge is 0.256 e. The van der Waals surface area contributed by atoms with E-state index in [1.807, 2.05) is 25.1 Å². The number of nitrogens with zero attached hydrogens (tertiary/aromatic N) is 1. The number of alkyl halides is 1. The molecule has 1 N–H and O–H groups in total. The summed E-state index contributed by atoms with van der Waals surface area (Å²) in [4.78, 5) is 16.3. The molecule has 19 heavy (non-hydrogen) atoms. The summed E-state index contributed by atoms with van der Waals surface area (Å²) in [6, 6.07) is 9.12. The Balaban J connectivity index is 2.20. The summed E-state index contributed by atoms with van der Waals surface area (Å²) in [6.45, 7) is 1.89. The van der Waals surface area contributed by atoms with E-state index in [2.05, 4.69) is 26.2 Å². The highest BCUT2D eigenvalue weighted by atomic mass is 79.9. The van der Waals surface area contributed by atoms with Crippen molar-refractivity contribution in [1.82, 2.24) is 4.98 Å². The maximum atomic E-state index is 12.1. The highest BCUT2D eigenvalue weighted by molar-refractivity contribution is 9.10. The summed E-state index contributed by atoms with van der Waals surface area (Å²) in [5.41, 5.74) is 2.38. The number of halogens is 2. The molecule has 0 aliphatic rings. The third kappa shape index (κ3) is 3.55. The van der Waals surface area contributed by atoms with Crippen LogP contribution in [-0.4, -0.2) is 10.9 Å². The maximum Gasteiger partial charge on any atom is 0.256 e. The number of hydrogen-bond donors (Lipinski definition) is 1. The van der Waals surface area contributed by atoms with Crippen LogP contribution >= 0.6 is 27.5 Å². The Hall–Kier alpha value is -1.39. The van der Waals surface area contributed by atoms with E-state index in [9.17, 15) is 4.79 Å². The van der Waals surface area contributed by atoms with Gasteiger partial charge in [-0.05, 0) is 52.2 Å². The van der Waals surface area contributed by atoms with E-state index < -0.39 is 0 Å². The van der Waals surface area contributed by atoms with E-state index in [1.165, 1.54) is 0 Å². The molecule has 2 rings (SSSR count). The second kappa shape index (κ2) is 6.17. The molecular weight excluding hydrogens is 328 g/mol. The predicted molar refractivity (Wildman–Crippen MR) is 80.6 cm³/mol. The molecule has 0 saturated heterocycles. The van der Waals surface area contributed by atoms with Gasteiger partial charge in [0.25, 0.3) is 5.91 Å². The fourth-order valence-electron chi connectivity index (χ4n) is 1.65. The summed E-state index contributed by atoms with van der Waals surface area (Å²) in [7, 11) is 0. The molecule has 0 saturated carbocycles. The zero-order valence-corrected chi connectivity index (χ0v) is 12.6. The molecule has 0 bridgehead atoms. The van der Waals surface area contributed by atoms with Gasteiger partial charge in [0.1, 0.15) is 5.82 Å². The first-order valence-electron chi connectivity index (χ1n) is 5.68. The number of aromatic nitrogens is 1. The van der Waals surface area contributed by atoms with Crippen LogP contribution in [0.2, 0.25) is 0 Å². The first-order chi connectivity index (χ1) is 9.10. The normalized spacial score (nSPS) is 10.3. The molecule has 0 atom stereocenters. The Morgan fingerprint density at radius 2 is 2.21 bits per heavy atom. The van der Waals surface area contributed by atoms with Crippen molar-refractivity contribution in [3.05, 3.63) is 57.7 Å². The largest absolute Gasteiger partial charge is 0.306 e. The van der Waals surface area contributed by atoms with E-state index in [-0.39, 0.29) is 5.91 Å². The Kier molecular flexibility index (Phi) is 4.56. The van der Waals surface area contributed by atoms with Crippen LogP contribution in [0.5, 0.6) is 0 Å². The van der Waals surface area contributed by atoms with Crippen molar-refractivity contribution < 1.29 is 4.79 Å². The number of hydrogen-bond acceptors (Lipinski definition) is 2. The Morgan fingerprint density at radius 3 is 2.89 bits per heavy atom. The first-order valence-corrected chi connectivity index (χ1v) is 7.01. The molecule has 5 heteroatoms. The predicted octanol–water partition coefficient (Wildman–Crippen LogP) is 4.14. The van der Waals surface area contributed by atoms with Crippen molar-refractivity contribution in [2.75, 3.05) is 5.32 Å². The minimum atomic E-state index is -0.190. The molecule has 0 unspecified atom stereocenters. The number of amides is 1. The van der Waals surface area contributed by atoms with Crippen molar-refractivity contribution in [3.8, 4) is 0 Å². The molecule has 0 aliphatic carbocycles. The van der Waals surface area contributed by atoms with Gasteiger partial charge in [-0.3, -0.25) is 4.79 Å². The molecule has 2 aromatic rings. The van der Waals surface area contributed by atoms with Crippen LogP contribution in [0.4, 0.5) is 5.82 Å². The lowest BCUT2D eigenvalue weighted by atomic mass is 10.1. The molecule has 1 heterocycles. The molecule has 0 spiro atoms. The Labute approximate surface area is 125 Å². The van der Waals surface area contributed by atoms with Gasteiger partial charge in [-0.2, -0.15) is 0 Å². The maximum absolute atomic E-state index is 12.1. The van der Waals surface area contributed by atoms with Gasteiger partial charge in [-0.25, -0.2) is 4.98 Å². The molecule has 1 aromatic heterocycles. The molecule has 1 aromatic carbocycles. The third-order valence-corrected chi connectivity index (χ3v) is 3.36. The molecule has 0 aliphatic heterocycles. The molecular formula is C14H12BrClN2O. The van der Waals surface area contributed by atoms with E-state index in [0.717, 1.165) is 15.6 Å². The molecule has 0 fully saturated rings. The van der Waals surface area contributed by atoms with E-state index in [1.54, 1.807) is 18.3 Å². The van der Waals surface area contributed by atoms with Crippen LogP contribution in [0.25, 0.3) is 0 Å². The zero-order chi connectivity index (χ0) is 13.8. The molecule has 98 valence electrons. The third-order valence-electron chi connectivity index (χ3n) is 2.62. The van der Waals surface area contributed by atoms with Gasteiger partial charge in [-0.1, -0.05) is 12.1 Å². The quantitative estimate of drug-likeness (QED) is 0.854. The minimum absolute atomic E-state index is 0.190. The highest BCUT2D eigenvalue weighted by Crippen LogP contribution is 2.18. The highest BCUT2D eigenvalue weighted by Gasteiger charge is 2.09. The number of aryl methyl sites for hydroxylation is 1. The van der Waals surface area contributed by atoms with Gasteiger partial charge in [0, 0.05) is 22.1 Å². The Bertz CT molecular complexity index is 616. The topological polar surface area (TPSA) is 42.0 Å². The van der Waals surface area contributed by atoms with Crippen LogP contribution < -0.4 is 5.32 Å². The number of anilines is 1. The van der Waals surface area contributed by atoms with Crippen molar-refractivity contribution >= 4 is 39.3 Å². The second-order valence-electron chi connectivity index (χ2n) is 4.11. The monoisotopic (exact) mass is 338 g/mol. The SMILES string of the molecule is Cc1cc(Br)cnc1NC(=O)c1cccc(CCl)c1. The van der Waals surface area contributed by atoms with E-state index >= 15 is 0 Å². The van der Waals surface area contributed by atoms with Gasteiger partial charge < -0.3 is 5.32 Å². The average Bonchev–Trinajstić information content (AvgIpc) is 2.42. The van der Waals surface area contributed by atoms with Crippen LogP contribution in [0.15, 0.2) is 41.0 Å². The van der Waals surface area contributed by atoms with Crippen LogP contribution in [0, 0.1) is 6.92 Å². The van der Waals surface area contributed by atoms with Crippen molar-refractivity contribution in [2.24, 2.45) is 0 Å². The van der Waals surface area contributed by atoms with Crippen molar-refractivity contribution in [1.29, 1.82) is 0 Å². The number of carbonyl (C=O) groups excluding carboxylic acids is 1. The number of carbonyl (C=O) groups is 1. The lowest BCUT2D eigenvalue weighted by Crippen LogP contribution is -2.14. The van der Waals surface area contributed by atoms with Gasteiger partial charge >= 0.3 is 0 Å². The lowest BCUT2D eigenvalue weighted by Gasteiger charge is -2.08. The number of nitrogens with one attached hydrogen (secondary N) is 1. The van der Waals surface area contributed by atoms with Gasteiger partial charge in [0.05, 0.1) is 0 Å². The average molecular weight is 340 g/mol. The van der Waals surface area contributed by atoms with Gasteiger partial charge in [-0.15, -0.1) is 11.6 Å². The summed E-state index contributed by atoms with van der Waals surface area (Å²) in [5, 5.41) is 2.79. The van der Waals surface area contributed by atoms with Crippen LogP contribution in [0.1, 0.15) is 21.5 Å². The van der Waals surface area contributed by atoms with Crippen LogP contribution in [-0.2, 0) is 5.88 Å². The summed E-state index contributed by atoms with van der Waals surface area (Å²) in [5.74, 6) is 0.755. The summed E-state index contributed by atoms with van der Waals surface area (Å²) < 4.78 is 0.882. The summed E-state index contributed by atoms with van der Waals surface area (Å²) in [6.07, 6.45) is 1.65. The molecule has 0 radical (unpaired) electrons. The van der Waals surface area contributed by atoms with Crippen molar-refractivity contribution in [2.45, 2.75) is 12.8 Å². The summed E-state index contributed by atoms with van der Waals surface area (Å²) >= 11 is 9.09. The number of rotatable bonds is 3. The molecule has 1 amide bonds. The molecule has 3 nitrogen and oxygen atoms in total. The van der Waals surface area contributed by atoms with Crippen LogP contribution in [0.3, 0.4) is 0 Å². The second-order valence-corrected chi connectivity index (χ2v) is 5.29. The minimum Gasteiger partial charge on any atom is -0.306 e. The van der Waals surface area contributed by atoms with Gasteiger partial charge in [0.2, 0.25) is 0 Å². The Morgan fingerprint density at radius 1 is 1.42 bits per heavy atom. The number of pyridine rings is 1. The van der Waals surface area contributed by atoms with E-state index in [0.29, 0.717) is 17.3 Å².